The highest BCUT2D eigenvalue weighted by Crippen LogP contribution is 2.31. The third-order valence-corrected chi connectivity index (χ3v) is 5.04. The predicted molar refractivity (Wildman–Crippen MR) is 83.5 cm³/mol. The molecule has 0 bridgehead atoms. The van der Waals surface area contributed by atoms with E-state index in [4.69, 9.17) is 0 Å². The fourth-order valence-electron chi connectivity index (χ4n) is 2.71. The molecule has 1 heterocycles. The van der Waals surface area contributed by atoms with Crippen molar-refractivity contribution in [2.24, 2.45) is 0 Å². The van der Waals surface area contributed by atoms with Gasteiger partial charge in [-0.25, -0.2) is 17.5 Å². The standard InChI is InChI=1S/C15H18F4N2O2S/c1-2-3-10(6-7-21-24(22,23)15(17,18)19)13-9-20-14-8-11(16)4-5-12(13)14/h4-5,8-10,20-21H,2-3,6-7H2,1H3. The van der Waals surface area contributed by atoms with Crippen LogP contribution < -0.4 is 4.72 Å². The molecule has 4 nitrogen and oxygen atoms in total. The first-order valence-corrected chi connectivity index (χ1v) is 8.96. The van der Waals surface area contributed by atoms with Crippen molar-refractivity contribution in [3.05, 3.63) is 35.8 Å². The molecule has 0 aliphatic rings. The molecule has 0 spiro atoms. The lowest BCUT2D eigenvalue weighted by Gasteiger charge is -2.17. The van der Waals surface area contributed by atoms with E-state index in [0.717, 1.165) is 17.4 Å². The van der Waals surface area contributed by atoms with Gasteiger partial charge in [0.25, 0.3) is 0 Å². The van der Waals surface area contributed by atoms with Crippen LogP contribution in [0.2, 0.25) is 0 Å². The molecule has 2 N–H and O–H groups in total. The van der Waals surface area contributed by atoms with Gasteiger partial charge in [0.1, 0.15) is 5.82 Å². The SMILES string of the molecule is CCCC(CCNS(=O)(=O)C(F)(F)F)c1c[nH]c2cc(F)ccc12. The second-order valence-corrected chi connectivity index (χ2v) is 7.31. The molecule has 1 unspecified atom stereocenters. The van der Waals surface area contributed by atoms with Gasteiger partial charge in [-0.15, -0.1) is 0 Å². The summed E-state index contributed by atoms with van der Waals surface area (Å²) in [7, 11) is -5.33. The Morgan fingerprint density at radius 2 is 1.96 bits per heavy atom. The number of aromatic nitrogens is 1. The minimum Gasteiger partial charge on any atom is -0.361 e. The summed E-state index contributed by atoms with van der Waals surface area (Å²) in [5.41, 5.74) is -3.87. The van der Waals surface area contributed by atoms with Gasteiger partial charge in [-0.2, -0.15) is 13.2 Å². The maximum absolute atomic E-state index is 13.2. The van der Waals surface area contributed by atoms with E-state index >= 15 is 0 Å². The van der Waals surface area contributed by atoms with Crippen molar-refractivity contribution < 1.29 is 26.0 Å². The van der Waals surface area contributed by atoms with Gasteiger partial charge in [0.15, 0.2) is 0 Å². The van der Waals surface area contributed by atoms with Gasteiger partial charge >= 0.3 is 15.5 Å². The average molecular weight is 366 g/mol. The van der Waals surface area contributed by atoms with Gasteiger partial charge < -0.3 is 4.98 Å². The zero-order valence-corrected chi connectivity index (χ0v) is 13.8. The van der Waals surface area contributed by atoms with E-state index in [0.29, 0.717) is 11.9 Å². The Balaban J connectivity index is 2.15. The number of fused-ring (bicyclic) bond motifs is 1. The topological polar surface area (TPSA) is 62.0 Å². The predicted octanol–water partition coefficient (Wildman–Crippen LogP) is 4.02. The van der Waals surface area contributed by atoms with Crippen molar-refractivity contribution in [2.45, 2.75) is 37.6 Å². The molecule has 1 aromatic carbocycles. The van der Waals surface area contributed by atoms with Crippen LogP contribution in [-0.4, -0.2) is 25.5 Å². The zero-order chi connectivity index (χ0) is 18.0. The molecule has 1 atom stereocenters. The molecule has 2 aromatic rings. The summed E-state index contributed by atoms with van der Waals surface area (Å²) in [6, 6.07) is 4.27. The van der Waals surface area contributed by atoms with E-state index < -0.39 is 15.5 Å². The van der Waals surface area contributed by atoms with Crippen LogP contribution >= 0.6 is 0 Å². The van der Waals surface area contributed by atoms with Crippen LogP contribution in [0.1, 0.15) is 37.7 Å². The molecule has 0 saturated heterocycles. The van der Waals surface area contributed by atoms with E-state index in [1.807, 2.05) is 6.92 Å². The van der Waals surface area contributed by atoms with Crippen LogP contribution in [0.5, 0.6) is 0 Å². The van der Waals surface area contributed by atoms with Crippen LogP contribution in [-0.2, 0) is 10.0 Å². The van der Waals surface area contributed by atoms with E-state index in [-0.39, 0.29) is 24.7 Å². The number of aromatic amines is 1. The summed E-state index contributed by atoms with van der Waals surface area (Å²) in [4.78, 5) is 2.94. The quantitative estimate of drug-likeness (QED) is 0.727. The summed E-state index contributed by atoms with van der Waals surface area (Å²) in [5.74, 6) is -0.522. The Morgan fingerprint density at radius 1 is 1.25 bits per heavy atom. The maximum atomic E-state index is 13.2. The molecule has 0 saturated carbocycles. The highest BCUT2D eigenvalue weighted by atomic mass is 32.2. The second kappa shape index (κ2) is 7.10. The molecule has 24 heavy (non-hydrogen) atoms. The number of benzene rings is 1. The first-order valence-electron chi connectivity index (χ1n) is 7.48. The van der Waals surface area contributed by atoms with Gasteiger partial charge in [-0.1, -0.05) is 13.3 Å². The molecule has 0 aliphatic heterocycles. The average Bonchev–Trinajstić information content (AvgIpc) is 2.87. The number of nitrogens with one attached hydrogen (secondary N) is 2. The van der Waals surface area contributed by atoms with Crippen molar-refractivity contribution in [1.82, 2.24) is 9.71 Å². The molecule has 9 heteroatoms. The van der Waals surface area contributed by atoms with Crippen molar-refractivity contribution in [1.29, 1.82) is 0 Å². The van der Waals surface area contributed by atoms with Gasteiger partial charge in [-0.05, 0) is 42.5 Å². The number of hydrogen-bond donors (Lipinski definition) is 2. The number of halogens is 4. The molecule has 0 fully saturated rings. The van der Waals surface area contributed by atoms with Gasteiger partial charge in [0.2, 0.25) is 0 Å². The lowest BCUT2D eigenvalue weighted by molar-refractivity contribution is -0.0447. The number of rotatable bonds is 7. The van der Waals surface area contributed by atoms with Crippen molar-refractivity contribution in [3.8, 4) is 0 Å². The second-order valence-electron chi connectivity index (χ2n) is 5.55. The first-order chi connectivity index (χ1) is 11.2. The highest BCUT2D eigenvalue weighted by Gasteiger charge is 2.45. The zero-order valence-electron chi connectivity index (χ0n) is 13.0. The van der Waals surface area contributed by atoms with Crippen LogP contribution in [0.15, 0.2) is 24.4 Å². The lowest BCUT2D eigenvalue weighted by atomic mass is 9.91. The van der Waals surface area contributed by atoms with E-state index in [9.17, 15) is 26.0 Å². The van der Waals surface area contributed by atoms with Gasteiger partial charge in [0.05, 0.1) is 0 Å². The first kappa shape index (κ1) is 18.7. The van der Waals surface area contributed by atoms with Gasteiger partial charge in [-0.3, -0.25) is 0 Å². The smallest absolute Gasteiger partial charge is 0.361 e. The number of alkyl halides is 3. The Bertz CT molecular complexity index is 799. The molecular weight excluding hydrogens is 348 g/mol. The van der Waals surface area contributed by atoms with Crippen molar-refractivity contribution in [3.63, 3.8) is 0 Å². The summed E-state index contributed by atoms with van der Waals surface area (Å²) in [6.07, 6.45) is 3.37. The molecule has 0 aliphatic carbocycles. The largest absolute Gasteiger partial charge is 0.511 e. The maximum Gasteiger partial charge on any atom is 0.511 e. The molecular formula is C15H18F4N2O2S. The Hall–Kier alpha value is -1.61. The Labute approximate surface area is 137 Å². The van der Waals surface area contributed by atoms with E-state index in [1.54, 1.807) is 17.0 Å². The van der Waals surface area contributed by atoms with Crippen molar-refractivity contribution in [2.75, 3.05) is 6.54 Å². The highest BCUT2D eigenvalue weighted by molar-refractivity contribution is 7.90. The van der Waals surface area contributed by atoms with Crippen LogP contribution in [0, 0.1) is 5.82 Å². The number of sulfonamides is 1. The number of H-pyrrole nitrogens is 1. The lowest BCUT2D eigenvalue weighted by Crippen LogP contribution is -2.37. The van der Waals surface area contributed by atoms with E-state index in [1.165, 1.54) is 12.1 Å². The third kappa shape index (κ3) is 4.07. The fraction of sp³-hybridized carbons (Fsp3) is 0.467. The monoisotopic (exact) mass is 366 g/mol. The van der Waals surface area contributed by atoms with Gasteiger partial charge in [0, 0.05) is 23.6 Å². The molecule has 0 amide bonds. The normalized spacial score (nSPS) is 14.2. The van der Waals surface area contributed by atoms with Crippen LogP contribution in [0.3, 0.4) is 0 Å². The summed E-state index contributed by atoms with van der Waals surface area (Å²) >= 11 is 0. The van der Waals surface area contributed by atoms with E-state index in [2.05, 4.69) is 4.98 Å². The molecule has 2 rings (SSSR count). The van der Waals surface area contributed by atoms with Crippen LogP contribution in [0.4, 0.5) is 17.6 Å². The fourth-order valence-corrected chi connectivity index (χ4v) is 3.26. The molecule has 134 valence electrons. The Morgan fingerprint density at radius 3 is 2.58 bits per heavy atom. The van der Waals surface area contributed by atoms with Crippen molar-refractivity contribution >= 4 is 20.9 Å². The minimum atomic E-state index is -5.33. The number of hydrogen-bond acceptors (Lipinski definition) is 2. The molecule has 1 aromatic heterocycles. The molecule has 0 radical (unpaired) electrons. The minimum absolute atomic E-state index is 0.134. The summed E-state index contributed by atoms with van der Waals surface area (Å²) in [5, 5.41) is 0.786. The summed E-state index contributed by atoms with van der Waals surface area (Å²) in [6.45, 7) is 1.61. The Kier molecular flexibility index (Phi) is 5.54. The summed E-state index contributed by atoms with van der Waals surface area (Å²) < 4.78 is 73.9. The third-order valence-electron chi connectivity index (χ3n) is 3.84. The van der Waals surface area contributed by atoms with Crippen LogP contribution in [0.25, 0.3) is 10.9 Å².